The molecule has 65 heavy (non-hydrogen) atoms. The van der Waals surface area contributed by atoms with Crippen molar-refractivity contribution < 1.29 is 38.1 Å². The Labute approximate surface area is 378 Å². The highest BCUT2D eigenvalue weighted by molar-refractivity contribution is 6.07. The van der Waals surface area contributed by atoms with Crippen molar-refractivity contribution in [2.75, 3.05) is 41.0 Å². The number of amides is 3. The number of methoxy groups -OCH3 is 3. The second-order valence-corrected chi connectivity index (χ2v) is 18.3. The Balaban J connectivity index is 0.949. The van der Waals surface area contributed by atoms with Gasteiger partial charge in [-0.1, -0.05) is 69.3 Å². The summed E-state index contributed by atoms with van der Waals surface area (Å²) in [5.41, 5.74) is 8.53. The first kappa shape index (κ1) is 43.7. The largest absolute Gasteiger partial charge is 0.488 e. The Morgan fingerprint density at radius 1 is 0.892 bits per heavy atom. The maximum atomic E-state index is 14.5. The minimum atomic E-state index is -0.926. The van der Waals surface area contributed by atoms with Crippen molar-refractivity contribution >= 4 is 46.0 Å². The van der Waals surface area contributed by atoms with E-state index in [4.69, 9.17) is 28.9 Å². The van der Waals surface area contributed by atoms with Crippen LogP contribution >= 0.6 is 0 Å². The standard InChI is InChI=1S/C51H56N6O8/c1-28(2)36(22-46(58)63-5)49(59)56-24-29(3)16-44(56)48-52-23-42(54-48)33-12-14-35-34(18-33)27-65-45-21-37-32(19-39(35)45)13-15-40-38(37)20-41(53-40)43-17-30(26-62-4)25-57(43)50(60)47(55-51(61)64-6)31-10-8-7-9-11-31/h7-15,18-19,21,23,28-30,36,43-44,47H,16-17,20,22,24-27H2,1-6H3,(H,52,54)(H,55,61)/t29-,30-,36-,43-,44-,47+/m0/s1. The van der Waals surface area contributed by atoms with E-state index < -0.39 is 18.1 Å². The summed E-state index contributed by atoms with van der Waals surface area (Å²) in [7, 11) is 4.32. The lowest BCUT2D eigenvalue weighted by molar-refractivity contribution is -0.148. The van der Waals surface area contributed by atoms with Crippen LogP contribution in [0.5, 0.6) is 5.75 Å². The van der Waals surface area contributed by atoms with Crippen LogP contribution in [-0.4, -0.2) is 96.4 Å². The summed E-state index contributed by atoms with van der Waals surface area (Å²) in [5.74, 6) is 0.787. The van der Waals surface area contributed by atoms with E-state index in [0.29, 0.717) is 44.7 Å². The van der Waals surface area contributed by atoms with E-state index in [1.54, 1.807) is 7.11 Å². The van der Waals surface area contributed by atoms with Gasteiger partial charge in [-0.2, -0.15) is 0 Å². The molecule has 2 saturated heterocycles. The van der Waals surface area contributed by atoms with Crippen LogP contribution < -0.4 is 10.1 Å². The van der Waals surface area contributed by atoms with E-state index in [0.717, 1.165) is 73.7 Å². The van der Waals surface area contributed by atoms with Gasteiger partial charge in [0, 0.05) is 43.8 Å². The smallest absolute Gasteiger partial charge is 0.407 e. The number of fused-ring (bicyclic) bond motifs is 6. The number of benzene rings is 4. The molecule has 0 radical (unpaired) electrons. The van der Waals surface area contributed by atoms with E-state index in [9.17, 15) is 19.2 Å². The first-order valence-electron chi connectivity index (χ1n) is 22.5. The molecule has 0 spiro atoms. The summed E-state index contributed by atoms with van der Waals surface area (Å²) in [6.07, 6.45) is 3.25. The van der Waals surface area contributed by atoms with Crippen LogP contribution in [0, 0.1) is 23.7 Å². The summed E-state index contributed by atoms with van der Waals surface area (Å²) in [6.45, 7) is 8.04. The highest BCUT2D eigenvalue weighted by Crippen LogP contribution is 2.45. The van der Waals surface area contributed by atoms with Crippen molar-refractivity contribution in [3.8, 4) is 28.1 Å². The lowest BCUT2D eigenvalue weighted by atomic mass is 9.90. The summed E-state index contributed by atoms with van der Waals surface area (Å²) >= 11 is 0. The van der Waals surface area contributed by atoms with Gasteiger partial charge < -0.3 is 39.0 Å². The molecule has 5 heterocycles. The van der Waals surface area contributed by atoms with Gasteiger partial charge in [-0.25, -0.2) is 9.78 Å². The number of rotatable bonds is 12. The lowest BCUT2D eigenvalue weighted by Crippen LogP contribution is -2.47. The Bertz CT molecular complexity index is 2680. The number of aliphatic imine (C=N–C) groups is 1. The summed E-state index contributed by atoms with van der Waals surface area (Å²) in [4.78, 5) is 70.3. The Kier molecular flexibility index (Phi) is 12.2. The van der Waals surface area contributed by atoms with Gasteiger partial charge in [-0.15, -0.1) is 0 Å². The van der Waals surface area contributed by atoms with Gasteiger partial charge in [-0.05, 0) is 87.5 Å². The monoisotopic (exact) mass is 880 g/mol. The molecule has 2 fully saturated rings. The predicted molar refractivity (Wildman–Crippen MR) is 246 cm³/mol. The Morgan fingerprint density at radius 2 is 1.69 bits per heavy atom. The molecule has 0 saturated carbocycles. The second-order valence-electron chi connectivity index (χ2n) is 18.3. The van der Waals surface area contributed by atoms with Gasteiger partial charge in [0.15, 0.2) is 0 Å². The number of aromatic amines is 1. The number of alkyl carbamates (subject to hydrolysis) is 1. The number of hydrogen-bond acceptors (Lipinski definition) is 10. The molecule has 2 N–H and O–H groups in total. The highest BCUT2D eigenvalue weighted by atomic mass is 16.5. The number of carbonyl (C=O) groups excluding carboxylic acids is 4. The van der Waals surface area contributed by atoms with Crippen molar-refractivity contribution in [3.05, 3.63) is 102 Å². The third kappa shape index (κ3) is 8.47. The maximum absolute atomic E-state index is 14.5. The fourth-order valence-electron chi connectivity index (χ4n) is 10.3. The molecule has 14 nitrogen and oxygen atoms in total. The quantitative estimate of drug-likeness (QED) is 0.118. The van der Waals surface area contributed by atoms with E-state index >= 15 is 0 Å². The average Bonchev–Trinajstić information content (AvgIpc) is 4.15. The average molecular weight is 881 g/mol. The molecule has 4 aliphatic heterocycles. The molecule has 0 aliphatic carbocycles. The molecular formula is C51H56N6O8. The molecule has 3 amide bonds. The van der Waals surface area contributed by atoms with Crippen LogP contribution in [0.15, 0.2) is 84.0 Å². The third-order valence-electron chi connectivity index (χ3n) is 13.6. The first-order valence-corrected chi connectivity index (χ1v) is 22.5. The number of hydrogen-bond donors (Lipinski definition) is 2. The molecule has 0 unspecified atom stereocenters. The maximum Gasteiger partial charge on any atom is 0.407 e. The first-order chi connectivity index (χ1) is 31.4. The van der Waals surface area contributed by atoms with Crippen LogP contribution in [-0.2, 0) is 41.6 Å². The molecule has 1 aromatic heterocycles. The fraction of sp³-hybridized carbons (Fsp3) is 0.412. The van der Waals surface area contributed by atoms with Gasteiger partial charge in [0.1, 0.15) is 24.2 Å². The number of nitrogens with one attached hydrogen (secondary N) is 2. The number of ether oxygens (including phenoxy) is 4. The molecule has 5 aromatic rings. The van der Waals surface area contributed by atoms with Crippen LogP contribution in [0.1, 0.15) is 74.6 Å². The number of esters is 1. The van der Waals surface area contributed by atoms with E-state index in [-0.39, 0.29) is 54.0 Å². The van der Waals surface area contributed by atoms with Crippen molar-refractivity contribution in [1.29, 1.82) is 0 Å². The summed E-state index contributed by atoms with van der Waals surface area (Å²) in [6, 6.07) is 22.6. The number of nitrogens with zero attached hydrogens (tertiary/aromatic N) is 4. The molecule has 6 atom stereocenters. The SMILES string of the molecule is COC[C@H]1C[C@@H](C2=Nc3ccc4cc5c(cc4c3C2)OCc2cc(-c3cnc([C@@H]4C[C@H](C)CN4C(=O)[C@@H](CC(=O)OC)C(C)C)[nH]3)ccc2-5)N(C(=O)[C@H](NC(=O)OC)c2ccccc2)C1. The molecule has 4 aromatic carbocycles. The van der Waals surface area contributed by atoms with Crippen LogP contribution in [0.3, 0.4) is 0 Å². The second kappa shape index (κ2) is 18.1. The van der Waals surface area contributed by atoms with Crippen LogP contribution in [0.4, 0.5) is 10.5 Å². The number of aromatic nitrogens is 2. The molecular weight excluding hydrogens is 825 g/mol. The van der Waals surface area contributed by atoms with Crippen molar-refractivity contribution in [2.45, 2.75) is 71.2 Å². The Hall–Kier alpha value is -6.54. The summed E-state index contributed by atoms with van der Waals surface area (Å²) in [5, 5.41) is 4.90. The number of imidazole rings is 1. The molecule has 4 aliphatic rings. The van der Waals surface area contributed by atoms with E-state index in [2.05, 4.69) is 59.7 Å². The summed E-state index contributed by atoms with van der Waals surface area (Å²) < 4.78 is 21.9. The molecule has 338 valence electrons. The van der Waals surface area contributed by atoms with Gasteiger partial charge in [-0.3, -0.25) is 19.4 Å². The topological polar surface area (TPSA) is 165 Å². The molecule has 9 rings (SSSR count). The van der Waals surface area contributed by atoms with Crippen molar-refractivity contribution in [2.24, 2.45) is 28.7 Å². The van der Waals surface area contributed by atoms with E-state index in [1.807, 2.05) is 60.2 Å². The third-order valence-corrected chi connectivity index (χ3v) is 13.6. The normalized spacial score (nSPS) is 20.7. The van der Waals surface area contributed by atoms with Gasteiger partial charge in [0.05, 0.1) is 62.8 Å². The zero-order valence-electron chi connectivity index (χ0n) is 37.8. The highest BCUT2D eigenvalue weighted by Gasteiger charge is 2.43. The van der Waals surface area contributed by atoms with Crippen molar-refractivity contribution in [1.82, 2.24) is 25.1 Å². The number of H-pyrrole nitrogens is 1. The van der Waals surface area contributed by atoms with Crippen LogP contribution in [0.25, 0.3) is 33.2 Å². The van der Waals surface area contributed by atoms with E-state index in [1.165, 1.54) is 14.2 Å². The van der Waals surface area contributed by atoms with Crippen molar-refractivity contribution in [3.63, 3.8) is 0 Å². The van der Waals surface area contributed by atoms with Gasteiger partial charge in [0.2, 0.25) is 11.8 Å². The molecule has 14 heteroatoms. The fourth-order valence-corrected chi connectivity index (χ4v) is 10.3. The van der Waals surface area contributed by atoms with Crippen LogP contribution in [0.2, 0.25) is 0 Å². The number of likely N-dealkylation sites (tertiary alicyclic amines) is 2. The minimum absolute atomic E-state index is 0.0191. The number of carbonyl (C=O) groups is 4. The lowest BCUT2D eigenvalue weighted by Gasteiger charge is -2.29. The Morgan fingerprint density at radius 3 is 2.45 bits per heavy atom. The zero-order chi connectivity index (χ0) is 45.5. The van der Waals surface area contributed by atoms with Gasteiger partial charge in [0.25, 0.3) is 0 Å². The van der Waals surface area contributed by atoms with Gasteiger partial charge >= 0.3 is 12.1 Å². The predicted octanol–water partition coefficient (Wildman–Crippen LogP) is 8.12. The minimum Gasteiger partial charge on any atom is -0.488 e. The molecule has 0 bridgehead atoms. The zero-order valence-corrected chi connectivity index (χ0v) is 37.8.